The zero-order valence-electron chi connectivity index (χ0n) is 12.7. The molecular formula is C15H23N3O3. The van der Waals surface area contributed by atoms with Crippen molar-refractivity contribution >= 4 is 11.4 Å². The van der Waals surface area contributed by atoms with Gasteiger partial charge in [-0.3, -0.25) is 15.0 Å². The molecule has 6 nitrogen and oxygen atoms in total. The van der Waals surface area contributed by atoms with Crippen LogP contribution in [0.25, 0.3) is 0 Å². The molecule has 0 aliphatic heterocycles. The number of anilines is 1. The SMILES string of the molecule is CCNc1c(CN(CCOC)C2CC2)cccc1[N+](=O)[O-]. The summed E-state index contributed by atoms with van der Waals surface area (Å²) in [6, 6.07) is 5.87. The van der Waals surface area contributed by atoms with Crippen molar-refractivity contribution in [2.45, 2.75) is 32.4 Å². The van der Waals surface area contributed by atoms with Gasteiger partial charge in [-0.2, -0.15) is 0 Å². The third kappa shape index (κ3) is 4.15. The van der Waals surface area contributed by atoms with Crippen molar-refractivity contribution < 1.29 is 9.66 Å². The standard InChI is InChI=1S/C15H23N3O3/c1-3-16-15-12(5-4-6-14(15)18(19)20)11-17(9-10-21-2)13-7-8-13/h4-6,13,16H,3,7-11H2,1-2H3. The molecule has 0 heterocycles. The average molecular weight is 293 g/mol. The minimum Gasteiger partial charge on any atom is -0.383 e. The second kappa shape index (κ2) is 7.38. The Bertz CT molecular complexity index is 489. The van der Waals surface area contributed by atoms with Crippen LogP contribution in [0.3, 0.4) is 0 Å². The number of ether oxygens (including phenoxy) is 1. The fourth-order valence-corrected chi connectivity index (χ4v) is 2.51. The highest BCUT2D eigenvalue weighted by Crippen LogP contribution is 2.33. The van der Waals surface area contributed by atoms with Crippen molar-refractivity contribution in [2.24, 2.45) is 0 Å². The van der Waals surface area contributed by atoms with Crippen LogP contribution in [0.4, 0.5) is 11.4 Å². The number of nitrogens with zero attached hydrogens (tertiary/aromatic N) is 2. The summed E-state index contributed by atoms with van der Waals surface area (Å²) in [7, 11) is 1.70. The number of rotatable bonds is 9. The molecule has 0 amide bonds. The summed E-state index contributed by atoms with van der Waals surface area (Å²) < 4.78 is 5.16. The number of hydrogen-bond donors (Lipinski definition) is 1. The molecule has 21 heavy (non-hydrogen) atoms. The molecule has 0 radical (unpaired) electrons. The molecule has 0 bridgehead atoms. The van der Waals surface area contributed by atoms with E-state index in [2.05, 4.69) is 10.2 Å². The molecule has 1 aromatic carbocycles. The van der Waals surface area contributed by atoms with Gasteiger partial charge in [0.05, 0.1) is 11.5 Å². The Morgan fingerprint density at radius 1 is 1.48 bits per heavy atom. The van der Waals surface area contributed by atoms with E-state index in [4.69, 9.17) is 4.74 Å². The summed E-state index contributed by atoms with van der Waals surface area (Å²) in [5.74, 6) is 0. The Kier molecular flexibility index (Phi) is 5.52. The van der Waals surface area contributed by atoms with Crippen LogP contribution >= 0.6 is 0 Å². The maximum absolute atomic E-state index is 11.2. The molecule has 6 heteroatoms. The molecule has 1 fully saturated rings. The smallest absolute Gasteiger partial charge is 0.292 e. The van der Waals surface area contributed by atoms with Gasteiger partial charge in [-0.05, 0) is 25.3 Å². The first-order chi connectivity index (χ1) is 10.2. The molecule has 1 aromatic rings. The average Bonchev–Trinajstić information content (AvgIpc) is 3.29. The summed E-state index contributed by atoms with van der Waals surface area (Å²) in [5.41, 5.74) is 1.78. The van der Waals surface area contributed by atoms with Gasteiger partial charge in [0.1, 0.15) is 5.69 Å². The van der Waals surface area contributed by atoms with E-state index in [0.717, 1.165) is 18.7 Å². The van der Waals surface area contributed by atoms with Gasteiger partial charge in [-0.1, -0.05) is 12.1 Å². The number of methoxy groups -OCH3 is 1. The lowest BCUT2D eigenvalue weighted by atomic mass is 10.1. The van der Waals surface area contributed by atoms with Gasteiger partial charge in [0.25, 0.3) is 5.69 Å². The minimum atomic E-state index is -0.321. The number of hydrogen-bond acceptors (Lipinski definition) is 5. The second-order valence-electron chi connectivity index (χ2n) is 5.29. The quantitative estimate of drug-likeness (QED) is 0.560. The van der Waals surface area contributed by atoms with Crippen molar-refractivity contribution in [3.8, 4) is 0 Å². The van der Waals surface area contributed by atoms with Crippen LogP contribution in [-0.4, -0.2) is 42.7 Å². The lowest BCUT2D eigenvalue weighted by Gasteiger charge is -2.23. The summed E-state index contributed by atoms with van der Waals surface area (Å²) >= 11 is 0. The van der Waals surface area contributed by atoms with Crippen LogP contribution in [-0.2, 0) is 11.3 Å². The van der Waals surface area contributed by atoms with Crippen LogP contribution < -0.4 is 5.32 Å². The topological polar surface area (TPSA) is 67.6 Å². The predicted octanol–water partition coefficient (Wildman–Crippen LogP) is 2.64. The minimum absolute atomic E-state index is 0.150. The zero-order chi connectivity index (χ0) is 15.2. The van der Waals surface area contributed by atoms with E-state index < -0.39 is 0 Å². The maximum Gasteiger partial charge on any atom is 0.292 e. The van der Waals surface area contributed by atoms with Crippen LogP contribution in [0.1, 0.15) is 25.3 Å². The largest absolute Gasteiger partial charge is 0.383 e. The fourth-order valence-electron chi connectivity index (χ4n) is 2.51. The molecule has 0 aromatic heterocycles. The number of nitro benzene ring substituents is 1. The highest BCUT2D eigenvalue weighted by Gasteiger charge is 2.29. The molecule has 1 saturated carbocycles. The molecule has 0 saturated heterocycles. The molecule has 2 rings (SSSR count). The van der Waals surface area contributed by atoms with E-state index in [0.29, 0.717) is 24.9 Å². The first kappa shape index (κ1) is 15.7. The van der Waals surface area contributed by atoms with Crippen LogP contribution in [0.15, 0.2) is 18.2 Å². The van der Waals surface area contributed by atoms with Crippen molar-refractivity contribution in [3.05, 3.63) is 33.9 Å². The summed E-state index contributed by atoms with van der Waals surface area (Å²) in [6.07, 6.45) is 2.41. The lowest BCUT2D eigenvalue weighted by Crippen LogP contribution is -2.29. The van der Waals surface area contributed by atoms with Gasteiger partial charge in [0.2, 0.25) is 0 Å². The first-order valence-electron chi connectivity index (χ1n) is 7.40. The van der Waals surface area contributed by atoms with Gasteiger partial charge in [0, 0.05) is 38.9 Å². The maximum atomic E-state index is 11.2. The normalized spacial score (nSPS) is 14.4. The van der Waals surface area contributed by atoms with Gasteiger partial charge in [-0.15, -0.1) is 0 Å². The van der Waals surface area contributed by atoms with Crippen molar-refractivity contribution in [1.82, 2.24) is 4.90 Å². The van der Waals surface area contributed by atoms with E-state index in [-0.39, 0.29) is 10.6 Å². The molecular weight excluding hydrogens is 270 g/mol. The summed E-state index contributed by atoms with van der Waals surface area (Å²) in [4.78, 5) is 13.2. The van der Waals surface area contributed by atoms with Crippen molar-refractivity contribution in [3.63, 3.8) is 0 Å². The fraction of sp³-hybridized carbons (Fsp3) is 0.600. The Morgan fingerprint density at radius 3 is 2.81 bits per heavy atom. The number of benzene rings is 1. The summed E-state index contributed by atoms with van der Waals surface area (Å²) in [5, 5.41) is 14.3. The molecule has 0 unspecified atom stereocenters. The molecule has 1 N–H and O–H groups in total. The van der Waals surface area contributed by atoms with Gasteiger partial charge >= 0.3 is 0 Å². The second-order valence-corrected chi connectivity index (χ2v) is 5.29. The third-order valence-electron chi connectivity index (χ3n) is 3.70. The Morgan fingerprint density at radius 2 is 2.24 bits per heavy atom. The Hall–Kier alpha value is -1.66. The summed E-state index contributed by atoms with van der Waals surface area (Å²) in [6.45, 7) is 4.87. The van der Waals surface area contributed by atoms with Crippen LogP contribution in [0.5, 0.6) is 0 Å². The number of para-hydroxylation sites is 1. The monoisotopic (exact) mass is 293 g/mol. The van der Waals surface area contributed by atoms with Gasteiger partial charge < -0.3 is 10.1 Å². The van der Waals surface area contributed by atoms with E-state index in [1.807, 2.05) is 13.0 Å². The molecule has 1 aliphatic rings. The third-order valence-corrected chi connectivity index (χ3v) is 3.70. The van der Waals surface area contributed by atoms with E-state index in [1.165, 1.54) is 12.8 Å². The van der Waals surface area contributed by atoms with E-state index in [9.17, 15) is 10.1 Å². The molecule has 0 spiro atoms. The van der Waals surface area contributed by atoms with E-state index >= 15 is 0 Å². The Balaban J connectivity index is 2.20. The van der Waals surface area contributed by atoms with Crippen LogP contribution in [0, 0.1) is 10.1 Å². The molecule has 116 valence electrons. The van der Waals surface area contributed by atoms with E-state index in [1.54, 1.807) is 19.2 Å². The lowest BCUT2D eigenvalue weighted by molar-refractivity contribution is -0.384. The zero-order valence-corrected chi connectivity index (χ0v) is 12.7. The van der Waals surface area contributed by atoms with Crippen molar-refractivity contribution in [2.75, 3.05) is 32.1 Å². The van der Waals surface area contributed by atoms with Crippen molar-refractivity contribution in [1.29, 1.82) is 0 Å². The van der Waals surface area contributed by atoms with Gasteiger partial charge in [0.15, 0.2) is 0 Å². The predicted molar refractivity (Wildman–Crippen MR) is 82.6 cm³/mol. The van der Waals surface area contributed by atoms with Gasteiger partial charge in [-0.25, -0.2) is 0 Å². The number of nitrogens with one attached hydrogen (secondary N) is 1. The highest BCUT2D eigenvalue weighted by molar-refractivity contribution is 5.66. The first-order valence-corrected chi connectivity index (χ1v) is 7.40. The number of nitro groups is 1. The molecule has 1 aliphatic carbocycles. The Labute approximate surface area is 125 Å². The van der Waals surface area contributed by atoms with Crippen LogP contribution in [0.2, 0.25) is 0 Å². The molecule has 0 atom stereocenters. The highest BCUT2D eigenvalue weighted by atomic mass is 16.6.